The predicted molar refractivity (Wildman–Crippen MR) is 83.4 cm³/mol. The van der Waals surface area contributed by atoms with E-state index in [2.05, 4.69) is 0 Å². The molecule has 6 nitrogen and oxygen atoms in total. The third kappa shape index (κ3) is 3.18. The van der Waals surface area contributed by atoms with Crippen LogP contribution in [0.15, 0.2) is 23.1 Å². The van der Waals surface area contributed by atoms with Gasteiger partial charge in [-0.15, -0.1) is 0 Å². The molecule has 0 bridgehead atoms. The van der Waals surface area contributed by atoms with Gasteiger partial charge in [-0.25, -0.2) is 8.42 Å². The summed E-state index contributed by atoms with van der Waals surface area (Å²) in [5.74, 6) is 0.709. The van der Waals surface area contributed by atoms with Crippen LogP contribution in [0.1, 0.15) is 13.8 Å². The van der Waals surface area contributed by atoms with Crippen molar-refractivity contribution in [3.63, 3.8) is 0 Å². The molecule has 0 aliphatic carbocycles. The highest BCUT2D eigenvalue weighted by Gasteiger charge is 2.35. The van der Waals surface area contributed by atoms with Gasteiger partial charge in [0, 0.05) is 29.7 Å². The Morgan fingerprint density at radius 1 is 1.43 bits per heavy atom. The largest absolute Gasteiger partial charge is 0.289 e. The van der Waals surface area contributed by atoms with E-state index in [1.165, 1.54) is 16.4 Å². The summed E-state index contributed by atoms with van der Waals surface area (Å²) < 4.78 is 26.8. The Balaban J connectivity index is 2.44. The molecule has 1 aliphatic heterocycles. The Kier molecular flexibility index (Phi) is 4.82. The number of nitro benzene ring substituents is 1. The Morgan fingerprint density at radius 3 is 2.71 bits per heavy atom. The molecule has 9 heteroatoms. The topological polar surface area (TPSA) is 80.5 Å². The summed E-state index contributed by atoms with van der Waals surface area (Å²) in [6, 6.07) is 3.42. The summed E-state index contributed by atoms with van der Waals surface area (Å²) in [4.78, 5) is 10.1. The lowest BCUT2D eigenvalue weighted by atomic mass is 10.2. The van der Waals surface area contributed by atoms with Crippen molar-refractivity contribution >= 4 is 39.1 Å². The van der Waals surface area contributed by atoms with Gasteiger partial charge in [-0.2, -0.15) is 16.1 Å². The smallest absolute Gasteiger partial charge is 0.258 e. The van der Waals surface area contributed by atoms with Crippen molar-refractivity contribution in [2.75, 3.05) is 12.3 Å². The molecule has 1 aromatic rings. The average Bonchev–Trinajstić information content (AvgIpc) is 2.41. The van der Waals surface area contributed by atoms with Gasteiger partial charge in [0.25, 0.3) is 5.69 Å². The third-order valence-electron chi connectivity index (χ3n) is 3.55. The first-order chi connectivity index (χ1) is 9.75. The summed E-state index contributed by atoms with van der Waals surface area (Å²) >= 11 is 7.44. The lowest BCUT2D eigenvalue weighted by Gasteiger charge is -2.36. The van der Waals surface area contributed by atoms with E-state index < -0.39 is 20.6 Å². The highest BCUT2D eigenvalue weighted by Crippen LogP contribution is 2.32. The maximum absolute atomic E-state index is 12.7. The maximum Gasteiger partial charge on any atom is 0.289 e. The van der Waals surface area contributed by atoms with E-state index in [9.17, 15) is 18.5 Å². The number of halogens is 1. The lowest BCUT2D eigenvalue weighted by molar-refractivity contribution is -0.384. The third-order valence-corrected chi connectivity index (χ3v) is 7.19. The number of benzene rings is 1. The van der Waals surface area contributed by atoms with Crippen LogP contribution >= 0.6 is 23.4 Å². The molecule has 1 saturated heterocycles. The van der Waals surface area contributed by atoms with Crippen LogP contribution in [0.4, 0.5) is 5.69 Å². The normalized spacial score (nSPS) is 24.0. The molecule has 21 heavy (non-hydrogen) atoms. The highest BCUT2D eigenvalue weighted by atomic mass is 35.5. The Morgan fingerprint density at radius 2 is 2.10 bits per heavy atom. The zero-order valence-electron chi connectivity index (χ0n) is 11.5. The molecule has 1 fully saturated rings. The standard InChI is InChI=1S/C12H15ClN2O4S2/c1-8-9(2)20-6-5-14(8)21(18,19)10-3-4-11(13)12(7-10)15(16)17/h3-4,7-9H,5-6H2,1-2H3. The molecular formula is C12H15ClN2O4S2. The fourth-order valence-corrected chi connectivity index (χ4v) is 5.37. The summed E-state index contributed by atoms with van der Waals surface area (Å²) in [7, 11) is -3.76. The first-order valence-corrected chi connectivity index (χ1v) is 9.19. The summed E-state index contributed by atoms with van der Waals surface area (Å²) in [5, 5.41) is 11.0. The van der Waals surface area contributed by atoms with Crippen molar-refractivity contribution in [2.45, 2.75) is 30.0 Å². The van der Waals surface area contributed by atoms with Crippen LogP contribution in [0.25, 0.3) is 0 Å². The van der Waals surface area contributed by atoms with Crippen molar-refractivity contribution in [2.24, 2.45) is 0 Å². The van der Waals surface area contributed by atoms with Crippen LogP contribution in [0, 0.1) is 10.1 Å². The second kappa shape index (κ2) is 6.12. The van der Waals surface area contributed by atoms with Crippen molar-refractivity contribution in [3.8, 4) is 0 Å². The van der Waals surface area contributed by atoms with Crippen LogP contribution in [0.2, 0.25) is 5.02 Å². The second-order valence-electron chi connectivity index (χ2n) is 4.80. The van der Waals surface area contributed by atoms with Crippen LogP contribution in [0.3, 0.4) is 0 Å². The first-order valence-electron chi connectivity index (χ1n) is 6.32. The molecule has 0 aromatic heterocycles. The summed E-state index contributed by atoms with van der Waals surface area (Å²) in [5.41, 5.74) is -0.398. The maximum atomic E-state index is 12.7. The van der Waals surface area contributed by atoms with E-state index in [4.69, 9.17) is 11.6 Å². The first kappa shape index (κ1) is 16.5. The van der Waals surface area contributed by atoms with Gasteiger partial charge >= 0.3 is 0 Å². The van der Waals surface area contributed by atoms with Gasteiger partial charge in [0.15, 0.2) is 0 Å². The van der Waals surface area contributed by atoms with Gasteiger partial charge in [-0.1, -0.05) is 18.5 Å². The number of hydrogen-bond donors (Lipinski definition) is 0. The van der Waals surface area contributed by atoms with E-state index in [0.29, 0.717) is 12.3 Å². The fraction of sp³-hybridized carbons (Fsp3) is 0.500. The number of nitrogens with zero attached hydrogens (tertiary/aromatic N) is 2. The number of nitro groups is 1. The minimum Gasteiger partial charge on any atom is -0.258 e. The molecule has 0 amide bonds. The quantitative estimate of drug-likeness (QED) is 0.618. The molecule has 0 saturated carbocycles. The Labute approximate surface area is 132 Å². The van der Waals surface area contributed by atoms with Gasteiger partial charge in [-0.05, 0) is 19.1 Å². The minimum atomic E-state index is -3.76. The van der Waals surface area contributed by atoms with Crippen LogP contribution in [-0.4, -0.2) is 41.2 Å². The minimum absolute atomic E-state index is 0.0745. The predicted octanol–water partition coefficient (Wildman–Crippen LogP) is 2.76. The molecule has 1 aromatic carbocycles. The van der Waals surface area contributed by atoms with Gasteiger partial charge < -0.3 is 0 Å². The van der Waals surface area contributed by atoms with Gasteiger partial charge in [0.05, 0.1) is 9.82 Å². The molecule has 0 spiro atoms. The van der Waals surface area contributed by atoms with Crippen molar-refractivity contribution < 1.29 is 13.3 Å². The van der Waals surface area contributed by atoms with Crippen molar-refractivity contribution in [1.82, 2.24) is 4.31 Å². The van der Waals surface area contributed by atoms with Gasteiger partial charge in [-0.3, -0.25) is 10.1 Å². The zero-order chi connectivity index (χ0) is 15.8. The van der Waals surface area contributed by atoms with Crippen LogP contribution in [0.5, 0.6) is 0 Å². The summed E-state index contributed by atoms with van der Waals surface area (Å²) in [6.45, 7) is 4.22. The monoisotopic (exact) mass is 350 g/mol. The van der Waals surface area contributed by atoms with Crippen LogP contribution in [-0.2, 0) is 10.0 Å². The van der Waals surface area contributed by atoms with E-state index in [-0.39, 0.29) is 21.2 Å². The number of sulfonamides is 1. The lowest BCUT2D eigenvalue weighted by Crippen LogP contribution is -2.47. The molecule has 2 atom stereocenters. The highest BCUT2D eigenvalue weighted by molar-refractivity contribution is 8.00. The summed E-state index contributed by atoms with van der Waals surface area (Å²) in [6.07, 6.45) is 0. The molecule has 2 unspecified atom stereocenters. The van der Waals surface area contributed by atoms with E-state index in [1.807, 2.05) is 13.8 Å². The number of hydrogen-bond acceptors (Lipinski definition) is 5. The average molecular weight is 351 g/mol. The van der Waals surface area contributed by atoms with E-state index in [1.54, 1.807) is 11.8 Å². The van der Waals surface area contributed by atoms with E-state index in [0.717, 1.165) is 6.07 Å². The number of thioether (sulfide) groups is 1. The van der Waals surface area contributed by atoms with Gasteiger partial charge in [0.2, 0.25) is 10.0 Å². The van der Waals surface area contributed by atoms with Crippen LogP contribution < -0.4 is 0 Å². The number of rotatable bonds is 3. The molecule has 1 aliphatic rings. The Hall–Kier alpha value is -0.830. The Bertz CT molecular complexity index is 665. The van der Waals surface area contributed by atoms with Crippen molar-refractivity contribution in [3.05, 3.63) is 33.3 Å². The second-order valence-corrected chi connectivity index (χ2v) is 8.59. The van der Waals surface area contributed by atoms with E-state index >= 15 is 0 Å². The molecule has 0 N–H and O–H groups in total. The molecule has 1 heterocycles. The molecular weight excluding hydrogens is 336 g/mol. The SMILES string of the molecule is CC1SCCN(S(=O)(=O)c2ccc(Cl)c([N+](=O)[O-])c2)C1C. The fourth-order valence-electron chi connectivity index (χ4n) is 2.17. The van der Waals surface area contributed by atoms with Crippen molar-refractivity contribution in [1.29, 1.82) is 0 Å². The molecule has 2 rings (SSSR count). The molecule has 116 valence electrons. The molecule has 0 radical (unpaired) electrons. The zero-order valence-corrected chi connectivity index (χ0v) is 13.9. The van der Waals surface area contributed by atoms with Gasteiger partial charge in [0.1, 0.15) is 5.02 Å².